The van der Waals surface area contributed by atoms with Crippen LogP contribution in [0.25, 0.3) is 0 Å². The molecule has 0 fully saturated rings. The van der Waals surface area contributed by atoms with E-state index in [0.29, 0.717) is 24.2 Å². The molecule has 1 N–H and O–H groups in total. The second-order valence-electron chi connectivity index (χ2n) is 7.15. The number of rotatable bonds is 4. The summed E-state index contributed by atoms with van der Waals surface area (Å²) < 4.78 is 27.9. The van der Waals surface area contributed by atoms with Crippen LogP contribution in [0.1, 0.15) is 27.0 Å². The molecule has 1 aliphatic heterocycles. The topological polar surface area (TPSA) is 90.3 Å². The van der Waals surface area contributed by atoms with Crippen molar-refractivity contribution >= 4 is 33.2 Å². The number of benzene rings is 3. The highest BCUT2D eigenvalue weighted by atomic mass is 35.5. The molecule has 3 aromatic rings. The number of hydrogen-bond donors (Lipinski definition) is 1. The first-order chi connectivity index (χ1) is 14.9. The lowest BCUT2D eigenvalue weighted by Gasteiger charge is -2.28. The molecule has 1 amide bonds. The van der Waals surface area contributed by atoms with E-state index in [1.807, 2.05) is 30.3 Å². The fourth-order valence-corrected chi connectivity index (χ4v) is 5.18. The Kier molecular flexibility index (Phi) is 5.79. The summed E-state index contributed by atoms with van der Waals surface area (Å²) in [5.41, 5.74) is 2.97. The summed E-state index contributed by atoms with van der Waals surface area (Å²) in [5.74, 6) is -0.555. The summed E-state index contributed by atoms with van der Waals surface area (Å²) >= 11 is 6.20. The number of nitrogens with one attached hydrogen (secondary N) is 1. The van der Waals surface area contributed by atoms with Crippen LogP contribution in [-0.4, -0.2) is 25.2 Å². The first-order valence-electron chi connectivity index (χ1n) is 9.56. The molecule has 156 valence electrons. The normalized spacial score (nSPS) is 13.8. The fourth-order valence-electron chi connectivity index (χ4n) is 3.53. The van der Waals surface area contributed by atoms with Crippen molar-refractivity contribution in [1.82, 2.24) is 4.31 Å². The zero-order valence-electron chi connectivity index (χ0n) is 16.4. The molecule has 0 spiro atoms. The zero-order valence-corrected chi connectivity index (χ0v) is 17.9. The first kappa shape index (κ1) is 21.1. The van der Waals surface area contributed by atoms with Gasteiger partial charge >= 0.3 is 0 Å². The molecule has 1 aliphatic rings. The number of nitriles is 1. The lowest BCUT2D eigenvalue weighted by molar-refractivity contribution is 0.102. The highest BCUT2D eigenvalue weighted by Gasteiger charge is 2.29. The van der Waals surface area contributed by atoms with Gasteiger partial charge in [-0.1, -0.05) is 41.9 Å². The largest absolute Gasteiger partial charge is 0.322 e. The van der Waals surface area contributed by atoms with E-state index in [2.05, 4.69) is 5.32 Å². The fraction of sp³-hybridized carbons (Fsp3) is 0.130. The molecule has 0 bridgehead atoms. The summed E-state index contributed by atoms with van der Waals surface area (Å²) in [6, 6.07) is 20.3. The molecule has 1 heterocycles. The average Bonchev–Trinajstić information content (AvgIpc) is 2.79. The monoisotopic (exact) mass is 451 g/mol. The molecule has 6 nitrogen and oxygen atoms in total. The van der Waals surface area contributed by atoms with E-state index in [4.69, 9.17) is 16.9 Å². The van der Waals surface area contributed by atoms with Gasteiger partial charge in [-0.15, -0.1) is 0 Å². The van der Waals surface area contributed by atoms with Crippen molar-refractivity contribution in [3.63, 3.8) is 0 Å². The molecule has 31 heavy (non-hydrogen) atoms. The number of anilines is 1. The lowest BCUT2D eigenvalue weighted by Crippen LogP contribution is -2.36. The molecule has 0 saturated carbocycles. The average molecular weight is 452 g/mol. The maximum Gasteiger partial charge on any atom is 0.257 e. The van der Waals surface area contributed by atoms with Crippen LogP contribution >= 0.6 is 11.6 Å². The van der Waals surface area contributed by atoms with Crippen LogP contribution in [0.3, 0.4) is 0 Å². The van der Waals surface area contributed by atoms with Gasteiger partial charge in [0.15, 0.2) is 0 Å². The Morgan fingerprint density at radius 3 is 2.58 bits per heavy atom. The van der Waals surface area contributed by atoms with Crippen molar-refractivity contribution in [3.8, 4) is 6.07 Å². The van der Waals surface area contributed by atoms with Gasteiger partial charge in [-0.2, -0.15) is 9.57 Å². The predicted molar refractivity (Wildman–Crippen MR) is 118 cm³/mol. The Bertz CT molecular complexity index is 1320. The third kappa shape index (κ3) is 4.32. The van der Waals surface area contributed by atoms with E-state index in [0.717, 1.165) is 11.1 Å². The zero-order chi connectivity index (χ0) is 22.0. The van der Waals surface area contributed by atoms with Gasteiger partial charge in [0.05, 0.1) is 27.1 Å². The number of carbonyl (C=O) groups excluding carboxylic acids is 1. The third-order valence-corrected chi connectivity index (χ3v) is 7.34. The molecular weight excluding hydrogens is 434 g/mol. The molecular formula is C23H18ClN3O3S. The van der Waals surface area contributed by atoms with E-state index in [9.17, 15) is 13.2 Å². The Hall–Kier alpha value is -3.18. The molecule has 0 unspecified atom stereocenters. The Morgan fingerprint density at radius 2 is 1.81 bits per heavy atom. The van der Waals surface area contributed by atoms with E-state index in [-0.39, 0.29) is 22.0 Å². The molecule has 0 aromatic heterocycles. The molecule has 0 aliphatic carbocycles. The summed E-state index contributed by atoms with van der Waals surface area (Å²) in [5, 5.41) is 11.8. The number of carbonyl (C=O) groups is 1. The van der Waals surface area contributed by atoms with Crippen LogP contribution in [0.5, 0.6) is 0 Å². The van der Waals surface area contributed by atoms with Crippen molar-refractivity contribution in [3.05, 3.63) is 94.0 Å². The van der Waals surface area contributed by atoms with Gasteiger partial charge in [0.1, 0.15) is 0 Å². The summed E-state index contributed by atoms with van der Waals surface area (Å²) in [6.45, 7) is 0.647. The minimum atomic E-state index is -3.81. The summed E-state index contributed by atoms with van der Waals surface area (Å²) in [7, 11) is -3.81. The molecule has 3 aromatic carbocycles. The Balaban J connectivity index is 1.61. The second kappa shape index (κ2) is 8.52. The third-order valence-electron chi connectivity index (χ3n) is 5.17. The number of fused-ring (bicyclic) bond motifs is 1. The van der Waals surface area contributed by atoms with Crippen molar-refractivity contribution in [1.29, 1.82) is 5.26 Å². The van der Waals surface area contributed by atoms with Gasteiger partial charge in [0, 0.05) is 18.8 Å². The van der Waals surface area contributed by atoms with Crippen molar-refractivity contribution < 1.29 is 13.2 Å². The maximum atomic E-state index is 13.2. The standard InChI is InChI=1S/C23H18ClN3O3S/c24-22-9-8-20(13-21(22)23(28)26-19-7-3-4-16(12-19)14-25)31(29,30)27-11-10-17-5-1-2-6-18(17)15-27/h1-9,12-13H,10-11,15H2,(H,26,28). The molecule has 4 rings (SSSR count). The SMILES string of the molecule is N#Cc1cccc(NC(=O)c2cc(S(=O)(=O)N3CCc4ccccc4C3)ccc2Cl)c1. The summed E-state index contributed by atoms with van der Waals surface area (Å²) in [4.78, 5) is 12.8. The van der Waals surface area contributed by atoms with Crippen LogP contribution in [-0.2, 0) is 23.0 Å². The Labute approximate surface area is 185 Å². The van der Waals surface area contributed by atoms with Crippen LogP contribution in [0.15, 0.2) is 71.6 Å². The van der Waals surface area contributed by atoms with Gasteiger partial charge in [-0.05, 0) is 53.9 Å². The van der Waals surface area contributed by atoms with Gasteiger partial charge in [0.2, 0.25) is 10.0 Å². The van der Waals surface area contributed by atoms with Crippen molar-refractivity contribution in [2.75, 3.05) is 11.9 Å². The highest BCUT2D eigenvalue weighted by Crippen LogP contribution is 2.28. The van der Waals surface area contributed by atoms with Crippen LogP contribution in [0.4, 0.5) is 5.69 Å². The van der Waals surface area contributed by atoms with E-state index < -0.39 is 15.9 Å². The minimum Gasteiger partial charge on any atom is -0.322 e. The molecule has 0 atom stereocenters. The summed E-state index contributed by atoms with van der Waals surface area (Å²) in [6.07, 6.45) is 0.631. The highest BCUT2D eigenvalue weighted by molar-refractivity contribution is 7.89. The van der Waals surface area contributed by atoms with E-state index >= 15 is 0 Å². The number of halogens is 1. The van der Waals surface area contributed by atoms with Gasteiger partial charge < -0.3 is 5.32 Å². The van der Waals surface area contributed by atoms with Crippen LogP contribution in [0.2, 0.25) is 5.02 Å². The molecule has 8 heteroatoms. The number of amides is 1. The predicted octanol–water partition coefficient (Wildman–Crippen LogP) is 4.21. The van der Waals surface area contributed by atoms with Crippen LogP contribution in [0, 0.1) is 11.3 Å². The number of sulfonamides is 1. The van der Waals surface area contributed by atoms with Crippen molar-refractivity contribution in [2.45, 2.75) is 17.9 Å². The van der Waals surface area contributed by atoms with Gasteiger partial charge in [0.25, 0.3) is 5.91 Å². The maximum absolute atomic E-state index is 13.2. The quantitative estimate of drug-likeness (QED) is 0.643. The van der Waals surface area contributed by atoms with Gasteiger partial charge in [-0.25, -0.2) is 8.42 Å². The minimum absolute atomic E-state index is 0.00667. The van der Waals surface area contributed by atoms with Gasteiger partial charge in [-0.3, -0.25) is 4.79 Å². The van der Waals surface area contributed by atoms with Crippen LogP contribution < -0.4 is 5.32 Å². The number of hydrogen-bond acceptors (Lipinski definition) is 4. The molecule has 0 saturated heterocycles. The van der Waals surface area contributed by atoms with E-state index in [1.54, 1.807) is 18.2 Å². The van der Waals surface area contributed by atoms with Crippen molar-refractivity contribution in [2.24, 2.45) is 0 Å². The first-order valence-corrected chi connectivity index (χ1v) is 11.4. The number of nitrogens with zero attached hydrogens (tertiary/aromatic N) is 2. The lowest BCUT2D eigenvalue weighted by atomic mass is 10.0. The smallest absolute Gasteiger partial charge is 0.257 e. The Morgan fingerprint density at radius 1 is 1.03 bits per heavy atom. The molecule has 0 radical (unpaired) electrons. The second-order valence-corrected chi connectivity index (χ2v) is 9.49. The van der Waals surface area contributed by atoms with E-state index in [1.165, 1.54) is 28.6 Å².